The Morgan fingerprint density at radius 2 is 2.00 bits per heavy atom. The van der Waals surface area contributed by atoms with Gasteiger partial charge in [0.25, 0.3) is 5.91 Å². The number of ether oxygens (including phenoxy) is 3. The lowest BCUT2D eigenvalue weighted by Gasteiger charge is -2.23. The summed E-state index contributed by atoms with van der Waals surface area (Å²) in [5.74, 6) is 0.0738. The topological polar surface area (TPSA) is 99.2 Å². The molecular formula is C18H23NO7S. The number of carbonyl (C=O) groups is 2. The van der Waals surface area contributed by atoms with Crippen LogP contribution in [0.15, 0.2) is 24.3 Å². The molecule has 9 heteroatoms. The molecule has 27 heavy (non-hydrogen) atoms. The highest BCUT2D eigenvalue weighted by molar-refractivity contribution is 7.91. The molecule has 2 rings (SSSR count). The van der Waals surface area contributed by atoms with Crippen molar-refractivity contribution in [3.8, 4) is 11.5 Å². The number of carbonyl (C=O) groups excluding carboxylic acids is 2. The zero-order valence-corrected chi connectivity index (χ0v) is 16.3. The molecule has 8 nitrogen and oxygen atoms in total. The van der Waals surface area contributed by atoms with Crippen LogP contribution in [0.4, 0.5) is 0 Å². The number of likely N-dealkylation sites (N-methyl/N-ethyl adjacent to an activating group) is 1. The fourth-order valence-corrected chi connectivity index (χ4v) is 4.44. The molecule has 0 bridgehead atoms. The molecule has 0 radical (unpaired) electrons. The fraction of sp³-hybridized carbons (Fsp3) is 0.444. The van der Waals surface area contributed by atoms with Crippen molar-refractivity contribution in [2.24, 2.45) is 0 Å². The summed E-state index contributed by atoms with van der Waals surface area (Å²) in [6.45, 7) is -0.235. The van der Waals surface area contributed by atoms with Crippen molar-refractivity contribution < 1.29 is 32.2 Å². The second-order valence-corrected chi connectivity index (χ2v) is 8.35. The highest BCUT2D eigenvalue weighted by Crippen LogP contribution is 2.28. The predicted octanol–water partition coefficient (Wildman–Crippen LogP) is 0.906. The first-order valence-corrected chi connectivity index (χ1v) is 10.1. The van der Waals surface area contributed by atoms with Crippen molar-refractivity contribution in [3.05, 3.63) is 29.8 Å². The number of sulfone groups is 1. The molecule has 0 aromatic heterocycles. The highest BCUT2D eigenvalue weighted by atomic mass is 32.2. The molecule has 1 aromatic carbocycles. The Labute approximate surface area is 158 Å². The number of hydrogen-bond donors (Lipinski definition) is 0. The lowest BCUT2D eigenvalue weighted by atomic mass is 10.2. The molecular weight excluding hydrogens is 374 g/mol. The van der Waals surface area contributed by atoms with E-state index in [1.54, 1.807) is 31.3 Å². The summed E-state index contributed by atoms with van der Waals surface area (Å²) in [6, 6.07) is 4.67. The van der Waals surface area contributed by atoms with Gasteiger partial charge in [0.05, 0.1) is 25.7 Å². The Kier molecular flexibility index (Phi) is 6.84. The van der Waals surface area contributed by atoms with Gasteiger partial charge in [0.2, 0.25) is 0 Å². The van der Waals surface area contributed by atoms with Gasteiger partial charge in [-0.15, -0.1) is 0 Å². The van der Waals surface area contributed by atoms with Crippen LogP contribution in [-0.4, -0.2) is 70.6 Å². The van der Waals surface area contributed by atoms with Crippen LogP contribution in [0.3, 0.4) is 0 Å². The maximum absolute atomic E-state index is 12.3. The van der Waals surface area contributed by atoms with Gasteiger partial charge in [-0.2, -0.15) is 0 Å². The van der Waals surface area contributed by atoms with E-state index in [0.29, 0.717) is 23.5 Å². The van der Waals surface area contributed by atoms with Gasteiger partial charge in [0.1, 0.15) is 0 Å². The SMILES string of the molecule is COC(=O)/C=C\c1ccc(OCC(=O)N(C)[C@H]2CCS(=O)(=O)C2)c(OC)c1. The Balaban J connectivity index is 1.99. The summed E-state index contributed by atoms with van der Waals surface area (Å²) in [7, 11) is 1.27. The van der Waals surface area contributed by atoms with Crippen LogP contribution in [-0.2, 0) is 24.2 Å². The van der Waals surface area contributed by atoms with Crippen LogP contribution >= 0.6 is 0 Å². The van der Waals surface area contributed by atoms with Crippen LogP contribution < -0.4 is 9.47 Å². The molecule has 1 saturated heterocycles. The summed E-state index contributed by atoms with van der Waals surface area (Å²) >= 11 is 0. The van der Waals surface area contributed by atoms with Gasteiger partial charge >= 0.3 is 5.97 Å². The number of methoxy groups -OCH3 is 2. The van der Waals surface area contributed by atoms with Gasteiger partial charge in [-0.05, 0) is 30.2 Å². The lowest BCUT2D eigenvalue weighted by Crippen LogP contribution is -2.40. The minimum atomic E-state index is -3.06. The van der Waals surface area contributed by atoms with E-state index in [1.165, 1.54) is 25.2 Å². The van der Waals surface area contributed by atoms with Crippen molar-refractivity contribution in [1.29, 1.82) is 0 Å². The van der Waals surface area contributed by atoms with Crippen molar-refractivity contribution >= 4 is 27.8 Å². The molecule has 0 N–H and O–H groups in total. The van der Waals surface area contributed by atoms with E-state index >= 15 is 0 Å². The van der Waals surface area contributed by atoms with Gasteiger partial charge in [0, 0.05) is 19.2 Å². The molecule has 0 unspecified atom stereocenters. The first-order valence-electron chi connectivity index (χ1n) is 8.28. The molecule has 1 heterocycles. The smallest absolute Gasteiger partial charge is 0.330 e. The zero-order valence-electron chi connectivity index (χ0n) is 15.5. The summed E-state index contributed by atoms with van der Waals surface area (Å²) < 4.78 is 38.5. The molecule has 1 aliphatic rings. The average Bonchev–Trinajstić information content (AvgIpc) is 3.03. The van der Waals surface area contributed by atoms with E-state index in [4.69, 9.17) is 9.47 Å². The van der Waals surface area contributed by atoms with Crippen molar-refractivity contribution in [3.63, 3.8) is 0 Å². The third-order valence-corrected chi connectivity index (χ3v) is 6.05. The normalized spacial score (nSPS) is 18.3. The number of amides is 1. The summed E-state index contributed by atoms with van der Waals surface area (Å²) in [5.41, 5.74) is 0.698. The minimum Gasteiger partial charge on any atom is -0.493 e. The van der Waals surface area contributed by atoms with E-state index in [1.807, 2.05) is 0 Å². The second kappa shape index (κ2) is 8.90. The van der Waals surface area contributed by atoms with E-state index in [-0.39, 0.29) is 30.1 Å². The number of esters is 1. The first-order chi connectivity index (χ1) is 12.8. The monoisotopic (exact) mass is 397 g/mol. The number of nitrogens with zero attached hydrogens (tertiary/aromatic N) is 1. The maximum atomic E-state index is 12.3. The molecule has 1 amide bonds. The molecule has 1 aliphatic heterocycles. The molecule has 0 aliphatic carbocycles. The Bertz CT molecular complexity index is 832. The summed E-state index contributed by atoms with van der Waals surface area (Å²) in [5, 5.41) is 0. The number of rotatable bonds is 7. The van der Waals surface area contributed by atoms with Gasteiger partial charge in [-0.25, -0.2) is 13.2 Å². The zero-order chi connectivity index (χ0) is 20.0. The maximum Gasteiger partial charge on any atom is 0.330 e. The third-order valence-electron chi connectivity index (χ3n) is 4.30. The molecule has 0 saturated carbocycles. The highest BCUT2D eigenvalue weighted by Gasteiger charge is 2.32. The summed E-state index contributed by atoms with van der Waals surface area (Å²) in [6.07, 6.45) is 3.29. The summed E-state index contributed by atoms with van der Waals surface area (Å²) in [4.78, 5) is 24.9. The second-order valence-electron chi connectivity index (χ2n) is 6.12. The van der Waals surface area contributed by atoms with Gasteiger partial charge in [-0.1, -0.05) is 6.07 Å². The Morgan fingerprint density at radius 3 is 2.59 bits per heavy atom. The minimum absolute atomic E-state index is 0.0141. The van der Waals surface area contributed by atoms with E-state index in [2.05, 4.69) is 4.74 Å². The quantitative estimate of drug-likeness (QED) is 0.498. The van der Waals surface area contributed by atoms with Crippen LogP contribution in [0.1, 0.15) is 12.0 Å². The van der Waals surface area contributed by atoms with Crippen molar-refractivity contribution in [1.82, 2.24) is 4.90 Å². The lowest BCUT2D eigenvalue weighted by molar-refractivity contribution is -0.135. The van der Waals surface area contributed by atoms with E-state index in [0.717, 1.165) is 0 Å². The molecule has 1 aromatic rings. The van der Waals surface area contributed by atoms with E-state index in [9.17, 15) is 18.0 Å². The Hall–Kier alpha value is -2.55. The average molecular weight is 397 g/mol. The van der Waals surface area contributed by atoms with Crippen LogP contribution in [0, 0.1) is 0 Å². The molecule has 1 fully saturated rings. The Morgan fingerprint density at radius 1 is 1.26 bits per heavy atom. The van der Waals surface area contributed by atoms with Gasteiger partial charge in [0.15, 0.2) is 27.9 Å². The van der Waals surface area contributed by atoms with Gasteiger partial charge in [-0.3, -0.25) is 4.79 Å². The predicted molar refractivity (Wildman–Crippen MR) is 99.4 cm³/mol. The fourth-order valence-electron chi connectivity index (χ4n) is 2.67. The van der Waals surface area contributed by atoms with Crippen LogP contribution in [0.2, 0.25) is 0 Å². The number of hydrogen-bond acceptors (Lipinski definition) is 7. The van der Waals surface area contributed by atoms with Crippen LogP contribution in [0.25, 0.3) is 6.08 Å². The van der Waals surface area contributed by atoms with Crippen LogP contribution in [0.5, 0.6) is 11.5 Å². The molecule has 0 spiro atoms. The first kappa shape index (κ1) is 20.8. The molecule has 148 valence electrons. The van der Waals surface area contributed by atoms with E-state index < -0.39 is 15.8 Å². The third kappa shape index (κ3) is 5.72. The van der Waals surface area contributed by atoms with Gasteiger partial charge < -0.3 is 19.1 Å². The number of benzene rings is 1. The van der Waals surface area contributed by atoms with Crippen molar-refractivity contribution in [2.75, 3.05) is 39.4 Å². The standard InChI is InChI=1S/C18H23NO7S/c1-19(14-8-9-27(22,23)12-14)17(20)11-26-15-6-4-13(10-16(15)24-2)5-7-18(21)25-3/h4-7,10,14H,8-9,11-12H2,1-3H3/b7-5-/t14-/m0/s1. The molecule has 1 atom stereocenters. The van der Waals surface area contributed by atoms with Crippen molar-refractivity contribution in [2.45, 2.75) is 12.5 Å². The largest absolute Gasteiger partial charge is 0.493 e.